The Morgan fingerprint density at radius 3 is 2.89 bits per heavy atom. The molecule has 0 bridgehead atoms. The number of hydrogen-bond acceptors (Lipinski definition) is 4. The zero-order valence-corrected chi connectivity index (χ0v) is 11.2. The first kappa shape index (κ1) is 13.7. The van der Waals surface area contributed by atoms with Crippen LogP contribution in [-0.2, 0) is 4.74 Å². The number of rotatable bonds is 7. The Hall–Kier alpha value is -1.75. The number of amidine groups is 1. The van der Waals surface area contributed by atoms with Crippen molar-refractivity contribution in [2.45, 2.75) is 12.8 Å². The summed E-state index contributed by atoms with van der Waals surface area (Å²) in [6.45, 7) is 2.34. The number of benzene rings is 1. The average Bonchev–Trinajstić information content (AvgIpc) is 3.26. The van der Waals surface area contributed by atoms with E-state index in [9.17, 15) is 0 Å². The Morgan fingerprint density at radius 2 is 2.21 bits per heavy atom. The number of oxime groups is 1. The van der Waals surface area contributed by atoms with Crippen molar-refractivity contribution >= 4 is 11.5 Å². The molecule has 2 rings (SSSR count). The first-order valence-electron chi connectivity index (χ1n) is 6.58. The maximum Gasteiger partial charge on any atom is 0.172 e. The molecule has 1 aromatic rings. The number of nitrogens with zero attached hydrogens (tertiary/aromatic N) is 2. The third kappa shape index (κ3) is 3.86. The molecule has 0 saturated heterocycles. The van der Waals surface area contributed by atoms with E-state index in [1.54, 1.807) is 0 Å². The molecular formula is C14H21N3O2. The van der Waals surface area contributed by atoms with Crippen LogP contribution < -0.4 is 10.6 Å². The summed E-state index contributed by atoms with van der Waals surface area (Å²) in [4.78, 5) is 2.06. The van der Waals surface area contributed by atoms with E-state index in [1.807, 2.05) is 31.3 Å². The van der Waals surface area contributed by atoms with Crippen molar-refractivity contribution in [1.29, 1.82) is 0 Å². The molecule has 0 unspecified atom stereocenters. The minimum atomic E-state index is 0.126. The molecule has 1 aliphatic carbocycles. The Morgan fingerprint density at radius 1 is 1.47 bits per heavy atom. The van der Waals surface area contributed by atoms with Crippen molar-refractivity contribution < 1.29 is 9.94 Å². The van der Waals surface area contributed by atoms with Crippen LogP contribution in [0.15, 0.2) is 29.4 Å². The Labute approximate surface area is 113 Å². The molecule has 3 N–H and O–H groups in total. The number of nitrogens with two attached hydrogens (primary N) is 1. The molecule has 1 aliphatic rings. The summed E-state index contributed by atoms with van der Waals surface area (Å²) in [7, 11) is 1.98. The Bertz CT molecular complexity index is 444. The van der Waals surface area contributed by atoms with Crippen LogP contribution in [0.5, 0.6) is 0 Å². The minimum Gasteiger partial charge on any atom is -0.409 e. The highest BCUT2D eigenvalue weighted by Gasteiger charge is 2.21. The predicted octanol–water partition coefficient (Wildman–Crippen LogP) is 1.64. The van der Waals surface area contributed by atoms with Crippen LogP contribution in [0.2, 0.25) is 0 Å². The zero-order valence-electron chi connectivity index (χ0n) is 11.2. The number of para-hydroxylation sites is 1. The first-order valence-corrected chi connectivity index (χ1v) is 6.58. The van der Waals surface area contributed by atoms with Crippen LogP contribution >= 0.6 is 0 Å². The zero-order chi connectivity index (χ0) is 13.7. The van der Waals surface area contributed by atoms with Crippen molar-refractivity contribution in [3.8, 4) is 0 Å². The lowest BCUT2D eigenvalue weighted by Crippen LogP contribution is -2.26. The van der Waals surface area contributed by atoms with Crippen LogP contribution in [0, 0.1) is 5.92 Å². The summed E-state index contributed by atoms with van der Waals surface area (Å²) in [6, 6.07) is 7.60. The van der Waals surface area contributed by atoms with Gasteiger partial charge in [0.25, 0.3) is 0 Å². The molecule has 1 fully saturated rings. The fraction of sp³-hybridized carbons (Fsp3) is 0.500. The fourth-order valence-corrected chi connectivity index (χ4v) is 1.93. The molecule has 0 amide bonds. The van der Waals surface area contributed by atoms with Gasteiger partial charge in [0.15, 0.2) is 5.84 Å². The van der Waals surface area contributed by atoms with Gasteiger partial charge in [-0.05, 0) is 30.9 Å². The molecule has 1 saturated carbocycles. The molecule has 0 aromatic heterocycles. The summed E-state index contributed by atoms with van der Waals surface area (Å²) < 4.78 is 5.62. The number of hydrogen-bond donors (Lipinski definition) is 2. The molecule has 104 valence electrons. The summed E-state index contributed by atoms with van der Waals surface area (Å²) >= 11 is 0. The molecule has 0 radical (unpaired) electrons. The molecular weight excluding hydrogens is 242 g/mol. The lowest BCUT2D eigenvalue weighted by Gasteiger charge is -2.22. The lowest BCUT2D eigenvalue weighted by atomic mass is 10.1. The van der Waals surface area contributed by atoms with Crippen LogP contribution in [0.1, 0.15) is 18.4 Å². The maximum atomic E-state index is 8.80. The summed E-state index contributed by atoms with van der Waals surface area (Å²) in [5.74, 6) is 0.913. The maximum absolute atomic E-state index is 8.80. The molecule has 0 spiro atoms. The number of anilines is 1. The van der Waals surface area contributed by atoms with Gasteiger partial charge in [0.2, 0.25) is 0 Å². The van der Waals surface area contributed by atoms with Gasteiger partial charge in [-0.15, -0.1) is 0 Å². The van der Waals surface area contributed by atoms with Gasteiger partial charge in [-0.25, -0.2) is 0 Å². The highest BCUT2D eigenvalue weighted by Crippen LogP contribution is 2.28. The quantitative estimate of drug-likeness (QED) is 0.258. The second-order valence-corrected chi connectivity index (χ2v) is 4.94. The van der Waals surface area contributed by atoms with Crippen LogP contribution in [0.3, 0.4) is 0 Å². The molecule has 0 atom stereocenters. The van der Waals surface area contributed by atoms with Crippen molar-refractivity contribution in [2.24, 2.45) is 16.8 Å². The van der Waals surface area contributed by atoms with Gasteiger partial charge in [-0.2, -0.15) is 0 Å². The van der Waals surface area contributed by atoms with E-state index in [0.29, 0.717) is 6.61 Å². The highest BCUT2D eigenvalue weighted by molar-refractivity contribution is 6.02. The second-order valence-electron chi connectivity index (χ2n) is 4.94. The van der Waals surface area contributed by atoms with Gasteiger partial charge in [0.1, 0.15) is 0 Å². The summed E-state index contributed by atoms with van der Waals surface area (Å²) in [5, 5.41) is 11.9. The molecule has 0 heterocycles. The summed E-state index contributed by atoms with van der Waals surface area (Å²) in [6.07, 6.45) is 2.62. The van der Waals surface area contributed by atoms with E-state index in [2.05, 4.69) is 10.1 Å². The van der Waals surface area contributed by atoms with E-state index >= 15 is 0 Å². The largest absolute Gasteiger partial charge is 0.409 e. The monoisotopic (exact) mass is 263 g/mol. The molecule has 5 nitrogen and oxygen atoms in total. The lowest BCUT2D eigenvalue weighted by molar-refractivity contribution is 0.131. The second kappa shape index (κ2) is 6.43. The van der Waals surface area contributed by atoms with Gasteiger partial charge in [0.05, 0.1) is 6.61 Å². The van der Waals surface area contributed by atoms with Crippen molar-refractivity contribution in [1.82, 2.24) is 0 Å². The molecule has 5 heteroatoms. The van der Waals surface area contributed by atoms with E-state index in [-0.39, 0.29) is 5.84 Å². The van der Waals surface area contributed by atoms with Gasteiger partial charge in [-0.3, -0.25) is 0 Å². The Kier molecular flexibility index (Phi) is 4.63. The molecule has 0 aliphatic heterocycles. The van der Waals surface area contributed by atoms with Gasteiger partial charge in [-0.1, -0.05) is 17.3 Å². The molecule has 1 aromatic carbocycles. The highest BCUT2D eigenvalue weighted by atomic mass is 16.5. The third-order valence-corrected chi connectivity index (χ3v) is 3.32. The predicted molar refractivity (Wildman–Crippen MR) is 75.8 cm³/mol. The van der Waals surface area contributed by atoms with Crippen molar-refractivity contribution in [3.63, 3.8) is 0 Å². The fourth-order valence-electron chi connectivity index (χ4n) is 1.93. The molecule has 19 heavy (non-hydrogen) atoms. The van der Waals surface area contributed by atoms with Crippen molar-refractivity contribution in [2.75, 3.05) is 31.7 Å². The van der Waals surface area contributed by atoms with Gasteiger partial charge < -0.3 is 20.6 Å². The number of likely N-dealkylation sites (N-methyl/N-ethyl adjacent to an activating group) is 1. The first-order chi connectivity index (χ1) is 9.22. The normalized spacial score (nSPS) is 15.5. The van der Waals surface area contributed by atoms with Crippen LogP contribution in [-0.4, -0.2) is 37.8 Å². The average molecular weight is 263 g/mol. The van der Waals surface area contributed by atoms with Gasteiger partial charge in [0, 0.05) is 31.5 Å². The standard InChI is InChI=1S/C14H21N3O2/c1-17(8-9-19-10-11-6-7-11)13-5-3-2-4-12(13)14(15)16-18/h2-5,11,18H,6-10H2,1H3,(H2,15,16). The summed E-state index contributed by atoms with van der Waals surface area (Å²) in [5.41, 5.74) is 7.35. The van der Waals surface area contributed by atoms with Crippen LogP contribution in [0.25, 0.3) is 0 Å². The van der Waals surface area contributed by atoms with Crippen LogP contribution in [0.4, 0.5) is 5.69 Å². The third-order valence-electron chi connectivity index (χ3n) is 3.32. The van der Waals surface area contributed by atoms with Crippen molar-refractivity contribution in [3.05, 3.63) is 29.8 Å². The minimum absolute atomic E-state index is 0.126. The topological polar surface area (TPSA) is 71.1 Å². The van der Waals surface area contributed by atoms with Gasteiger partial charge >= 0.3 is 0 Å². The van der Waals surface area contributed by atoms with E-state index in [4.69, 9.17) is 15.7 Å². The SMILES string of the molecule is CN(CCOCC1CC1)c1ccccc1C(N)=NO. The smallest absolute Gasteiger partial charge is 0.172 e. The van der Waals surface area contributed by atoms with E-state index in [1.165, 1.54) is 12.8 Å². The van der Waals surface area contributed by atoms with E-state index in [0.717, 1.165) is 30.3 Å². The van der Waals surface area contributed by atoms with E-state index < -0.39 is 0 Å². The Balaban J connectivity index is 1.91. The number of ether oxygens (including phenoxy) is 1.